The van der Waals surface area contributed by atoms with Crippen LogP contribution in [0.4, 0.5) is 8.78 Å². The van der Waals surface area contributed by atoms with Crippen molar-refractivity contribution in [3.05, 3.63) is 0 Å². The van der Waals surface area contributed by atoms with Crippen LogP contribution in [0.3, 0.4) is 0 Å². The summed E-state index contributed by atoms with van der Waals surface area (Å²) in [6.07, 6.45) is -2.12. The predicted molar refractivity (Wildman–Crippen MR) is 49.0 cm³/mol. The summed E-state index contributed by atoms with van der Waals surface area (Å²) in [7, 11) is 0. The van der Waals surface area contributed by atoms with Crippen molar-refractivity contribution >= 4 is 0 Å². The third-order valence-electron chi connectivity index (χ3n) is 1.78. The van der Waals surface area contributed by atoms with Gasteiger partial charge in [0.2, 0.25) is 0 Å². The van der Waals surface area contributed by atoms with Gasteiger partial charge in [-0.3, -0.25) is 0 Å². The average Bonchev–Trinajstić information content (AvgIpc) is 2.02. The second-order valence-corrected chi connectivity index (χ2v) is 3.64. The van der Waals surface area contributed by atoms with Gasteiger partial charge in [-0.25, -0.2) is 8.78 Å². The molecule has 80 valence electrons. The van der Waals surface area contributed by atoms with Crippen molar-refractivity contribution in [2.45, 2.75) is 39.2 Å². The zero-order valence-electron chi connectivity index (χ0n) is 8.26. The first kappa shape index (κ1) is 12.8. The first-order valence-electron chi connectivity index (χ1n) is 4.71. The maximum Gasteiger partial charge on any atom is 0.265 e. The van der Waals surface area contributed by atoms with Gasteiger partial charge in [0.25, 0.3) is 6.43 Å². The lowest BCUT2D eigenvalue weighted by atomic mass is 10.1. The van der Waals surface area contributed by atoms with Crippen LogP contribution in [0.1, 0.15) is 26.7 Å². The van der Waals surface area contributed by atoms with Crippen molar-refractivity contribution in [2.75, 3.05) is 13.1 Å². The van der Waals surface area contributed by atoms with Crippen LogP contribution < -0.4 is 5.32 Å². The summed E-state index contributed by atoms with van der Waals surface area (Å²) in [5.74, 6) is 0.641. The van der Waals surface area contributed by atoms with Crippen molar-refractivity contribution in [1.82, 2.24) is 5.32 Å². The lowest BCUT2D eigenvalue weighted by Gasteiger charge is -2.10. The Labute approximate surface area is 78.3 Å². The van der Waals surface area contributed by atoms with Gasteiger partial charge >= 0.3 is 0 Å². The Hall–Kier alpha value is -0.220. The molecule has 0 fully saturated rings. The third-order valence-corrected chi connectivity index (χ3v) is 1.78. The van der Waals surface area contributed by atoms with Gasteiger partial charge in [-0.2, -0.15) is 0 Å². The average molecular weight is 195 g/mol. The quantitative estimate of drug-likeness (QED) is 0.605. The summed E-state index contributed by atoms with van der Waals surface area (Å²) in [5.41, 5.74) is 0. The zero-order chi connectivity index (χ0) is 10.3. The highest BCUT2D eigenvalue weighted by Gasteiger charge is 2.15. The third kappa shape index (κ3) is 8.12. The molecule has 0 bridgehead atoms. The van der Waals surface area contributed by atoms with E-state index in [2.05, 4.69) is 19.2 Å². The minimum atomic E-state index is -2.64. The molecule has 0 aliphatic heterocycles. The highest BCUT2D eigenvalue weighted by atomic mass is 19.3. The first-order valence-corrected chi connectivity index (χ1v) is 4.71. The summed E-state index contributed by atoms with van der Waals surface area (Å²) in [5, 5.41) is 11.5. The van der Waals surface area contributed by atoms with Crippen LogP contribution in [0.5, 0.6) is 0 Å². The summed E-state index contributed by atoms with van der Waals surface area (Å²) in [6.45, 7) is 4.92. The van der Waals surface area contributed by atoms with Crippen molar-refractivity contribution in [1.29, 1.82) is 0 Å². The molecule has 0 heterocycles. The standard InChI is InChI=1S/C9H19F2NO/c1-7(2)4-3-5-12-6-8(13)9(10)11/h7-9,12-13H,3-6H2,1-2H3. The predicted octanol–water partition coefficient (Wildman–Crippen LogP) is 1.64. The monoisotopic (exact) mass is 195 g/mol. The van der Waals surface area contributed by atoms with Crippen molar-refractivity contribution < 1.29 is 13.9 Å². The maximum atomic E-state index is 11.8. The van der Waals surface area contributed by atoms with Crippen LogP contribution in [0.25, 0.3) is 0 Å². The molecule has 4 heteroatoms. The second kappa shape index (κ2) is 7.21. The minimum absolute atomic E-state index is 0.0181. The summed E-state index contributed by atoms with van der Waals surface area (Å²) < 4.78 is 23.6. The van der Waals surface area contributed by atoms with Crippen LogP contribution in [0.2, 0.25) is 0 Å². The fourth-order valence-corrected chi connectivity index (χ4v) is 0.974. The Morgan fingerprint density at radius 2 is 1.92 bits per heavy atom. The van der Waals surface area contributed by atoms with Gasteiger partial charge in [0.1, 0.15) is 6.10 Å². The molecule has 1 unspecified atom stereocenters. The molecular weight excluding hydrogens is 176 g/mol. The van der Waals surface area contributed by atoms with Gasteiger partial charge in [-0.1, -0.05) is 13.8 Å². The molecule has 0 aromatic rings. The molecule has 0 radical (unpaired) electrons. The number of aliphatic hydroxyl groups is 1. The number of rotatable bonds is 7. The lowest BCUT2D eigenvalue weighted by molar-refractivity contribution is -0.00319. The van der Waals surface area contributed by atoms with E-state index in [0.29, 0.717) is 12.5 Å². The SMILES string of the molecule is CC(C)CCCNCC(O)C(F)F. The van der Waals surface area contributed by atoms with Crippen molar-refractivity contribution in [3.63, 3.8) is 0 Å². The van der Waals surface area contributed by atoms with Gasteiger partial charge in [-0.05, 0) is 25.3 Å². The van der Waals surface area contributed by atoms with E-state index in [1.807, 2.05) is 0 Å². The highest BCUT2D eigenvalue weighted by Crippen LogP contribution is 2.02. The molecule has 0 aliphatic rings. The maximum absolute atomic E-state index is 11.8. The first-order chi connectivity index (χ1) is 6.04. The van der Waals surface area contributed by atoms with Crippen molar-refractivity contribution in [3.8, 4) is 0 Å². The Morgan fingerprint density at radius 3 is 2.38 bits per heavy atom. The Kier molecular flexibility index (Phi) is 7.09. The lowest BCUT2D eigenvalue weighted by Crippen LogP contribution is -2.32. The smallest absolute Gasteiger partial charge is 0.265 e. The number of hydrogen-bond acceptors (Lipinski definition) is 2. The van der Waals surface area contributed by atoms with E-state index in [-0.39, 0.29) is 6.54 Å². The van der Waals surface area contributed by atoms with E-state index in [1.54, 1.807) is 0 Å². The van der Waals surface area contributed by atoms with Gasteiger partial charge in [0, 0.05) is 6.54 Å². The number of alkyl halides is 2. The van der Waals surface area contributed by atoms with Crippen molar-refractivity contribution in [2.24, 2.45) is 5.92 Å². The fourth-order valence-electron chi connectivity index (χ4n) is 0.974. The largest absolute Gasteiger partial charge is 0.386 e. The molecule has 0 rings (SSSR count). The molecule has 1 atom stereocenters. The van der Waals surface area contributed by atoms with Crippen LogP contribution in [-0.2, 0) is 0 Å². The molecule has 13 heavy (non-hydrogen) atoms. The number of hydrogen-bond donors (Lipinski definition) is 2. The zero-order valence-corrected chi connectivity index (χ0v) is 8.26. The second-order valence-electron chi connectivity index (χ2n) is 3.64. The Morgan fingerprint density at radius 1 is 1.31 bits per heavy atom. The highest BCUT2D eigenvalue weighted by molar-refractivity contribution is 4.61. The molecule has 2 nitrogen and oxygen atoms in total. The molecule has 0 saturated carbocycles. The molecule has 0 spiro atoms. The normalized spacial score (nSPS) is 14.1. The van der Waals surface area contributed by atoms with E-state index in [4.69, 9.17) is 5.11 Å². The molecule has 0 aromatic carbocycles. The molecule has 2 N–H and O–H groups in total. The number of aliphatic hydroxyl groups excluding tert-OH is 1. The van der Waals surface area contributed by atoms with E-state index < -0.39 is 12.5 Å². The minimum Gasteiger partial charge on any atom is -0.386 e. The summed E-state index contributed by atoms with van der Waals surface area (Å²) >= 11 is 0. The summed E-state index contributed by atoms with van der Waals surface area (Å²) in [4.78, 5) is 0. The van der Waals surface area contributed by atoms with Crippen LogP contribution >= 0.6 is 0 Å². The Bertz CT molecular complexity index is 120. The van der Waals surface area contributed by atoms with E-state index in [9.17, 15) is 8.78 Å². The number of halogens is 2. The van der Waals surface area contributed by atoms with Gasteiger partial charge in [0.05, 0.1) is 0 Å². The Balaban J connectivity index is 3.16. The van der Waals surface area contributed by atoms with E-state index >= 15 is 0 Å². The van der Waals surface area contributed by atoms with E-state index in [0.717, 1.165) is 12.8 Å². The van der Waals surface area contributed by atoms with Crippen LogP contribution in [-0.4, -0.2) is 30.7 Å². The molecule has 0 amide bonds. The van der Waals surface area contributed by atoms with Gasteiger partial charge in [0.15, 0.2) is 0 Å². The summed E-state index contributed by atoms with van der Waals surface area (Å²) in [6, 6.07) is 0. The molecule has 0 aliphatic carbocycles. The van der Waals surface area contributed by atoms with Crippen LogP contribution in [0, 0.1) is 5.92 Å². The fraction of sp³-hybridized carbons (Fsp3) is 1.00. The van der Waals surface area contributed by atoms with Gasteiger partial charge < -0.3 is 10.4 Å². The molecule has 0 saturated heterocycles. The number of nitrogens with one attached hydrogen (secondary N) is 1. The van der Waals surface area contributed by atoms with Gasteiger partial charge in [-0.15, -0.1) is 0 Å². The van der Waals surface area contributed by atoms with E-state index in [1.165, 1.54) is 0 Å². The van der Waals surface area contributed by atoms with Crippen LogP contribution in [0.15, 0.2) is 0 Å². The molecule has 0 aromatic heterocycles. The molecular formula is C9H19F2NO. The topological polar surface area (TPSA) is 32.3 Å².